The maximum Gasteiger partial charge on any atom is 0.119 e. The molecule has 1 aromatic rings. The Kier molecular flexibility index (Phi) is 6.03. The van der Waals surface area contributed by atoms with Crippen LogP contribution in [0.1, 0.15) is 45.8 Å². The van der Waals surface area contributed by atoms with Crippen molar-refractivity contribution in [2.45, 2.75) is 45.0 Å². The molecule has 1 aromatic carbocycles. The average Bonchev–Trinajstić information content (AvgIpc) is 2.33. The maximum atomic E-state index is 10.1. The SMILES string of the molecule is CCCOc1ccc(C(O)CSC(C)(C)C)cc1. The summed E-state index contributed by atoms with van der Waals surface area (Å²) in [5.41, 5.74) is 0.954. The fourth-order valence-electron chi connectivity index (χ4n) is 1.43. The minimum Gasteiger partial charge on any atom is -0.494 e. The Balaban J connectivity index is 2.51. The lowest BCUT2D eigenvalue weighted by Gasteiger charge is -2.20. The first-order valence-electron chi connectivity index (χ1n) is 6.47. The molecular weight excluding hydrogens is 244 g/mol. The van der Waals surface area contributed by atoms with Gasteiger partial charge in [0.05, 0.1) is 12.7 Å². The number of hydrogen-bond donors (Lipinski definition) is 1. The van der Waals surface area contributed by atoms with Gasteiger partial charge in [-0.1, -0.05) is 39.8 Å². The molecule has 0 bridgehead atoms. The molecule has 0 aromatic heterocycles. The number of aliphatic hydroxyl groups is 1. The molecule has 1 atom stereocenters. The summed E-state index contributed by atoms with van der Waals surface area (Å²) >= 11 is 1.77. The molecule has 102 valence electrons. The molecule has 0 aliphatic carbocycles. The molecule has 0 radical (unpaired) electrons. The van der Waals surface area contributed by atoms with Crippen molar-refractivity contribution in [2.75, 3.05) is 12.4 Å². The van der Waals surface area contributed by atoms with Crippen molar-refractivity contribution in [3.63, 3.8) is 0 Å². The van der Waals surface area contributed by atoms with Crippen molar-refractivity contribution in [1.29, 1.82) is 0 Å². The van der Waals surface area contributed by atoms with Crippen LogP contribution in [0.25, 0.3) is 0 Å². The summed E-state index contributed by atoms with van der Waals surface area (Å²) in [7, 11) is 0. The van der Waals surface area contributed by atoms with Crippen LogP contribution in [0, 0.1) is 0 Å². The van der Waals surface area contributed by atoms with Crippen LogP contribution in [-0.4, -0.2) is 22.2 Å². The fraction of sp³-hybridized carbons (Fsp3) is 0.600. The molecule has 2 nitrogen and oxygen atoms in total. The number of rotatable bonds is 6. The third-order valence-electron chi connectivity index (χ3n) is 2.41. The van der Waals surface area contributed by atoms with Gasteiger partial charge >= 0.3 is 0 Å². The van der Waals surface area contributed by atoms with Crippen LogP contribution in [0.2, 0.25) is 0 Å². The van der Waals surface area contributed by atoms with Crippen molar-refractivity contribution in [3.8, 4) is 5.75 Å². The van der Waals surface area contributed by atoms with Gasteiger partial charge in [-0.15, -0.1) is 0 Å². The predicted molar refractivity (Wildman–Crippen MR) is 79.4 cm³/mol. The van der Waals surface area contributed by atoms with E-state index in [9.17, 15) is 5.11 Å². The molecule has 0 fully saturated rings. The third kappa shape index (κ3) is 5.78. The van der Waals surface area contributed by atoms with Crippen LogP contribution < -0.4 is 4.74 Å². The van der Waals surface area contributed by atoms with E-state index >= 15 is 0 Å². The van der Waals surface area contributed by atoms with Gasteiger partial charge in [0, 0.05) is 10.5 Å². The van der Waals surface area contributed by atoms with E-state index in [2.05, 4.69) is 27.7 Å². The topological polar surface area (TPSA) is 29.5 Å². The molecule has 3 heteroatoms. The normalized spacial score (nSPS) is 13.4. The maximum absolute atomic E-state index is 10.1. The predicted octanol–water partition coefficient (Wildman–Crippen LogP) is 4.04. The molecule has 0 heterocycles. The lowest BCUT2D eigenvalue weighted by atomic mass is 10.1. The Morgan fingerprint density at radius 2 is 1.83 bits per heavy atom. The van der Waals surface area contributed by atoms with Gasteiger partial charge in [-0.2, -0.15) is 11.8 Å². The van der Waals surface area contributed by atoms with Gasteiger partial charge in [0.15, 0.2) is 0 Å². The van der Waals surface area contributed by atoms with Gasteiger partial charge in [-0.25, -0.2) is 0 Å². The zero-order chi connectivity index (χ0) is 13.6. The van der Waals surface area contributed by atoms with E-state index in [-0.39, 0.29) is 4.75 Å². The standard InChI is InChI=1S/C15H24O2S/c1-5-10-17-13-8-6-12(7-9-13)14(16)11-18-15(2,3)4/h6-9,14,16H,5,10-11H2,1-4H3. The first kappa shape index (κ1) is 15.4. The van der Waals surface area contributed by atoms with Crippen molar-refractivity contribution < 1.29 is 9.84 Å². The number of hydrogen-bond acceptors (Lipinski definition) is 3. The van der Waals surface area contributed by atoms with Crippen LogP contribution in [0.3, 0.4) is 0 Å². The summed E-state index contributed by atoms with van der Waals surface area (Å²) in [6.07, 6.45) is 0.599. The second kappa shape index (κ2) is 7.05. The van der Waals surface area contributed by atoms with Crippen molar-refractivity contribution in [2.24, 2.45) is 0 Å². The fourth-order valence-corrected chi connectivity index (χ4v) is 2.28. The van der Waals surface area contributed by atoms with E-state index in [0.29, 0.717) is 0 Å². The lowest BCUT2D eigenvalue weighted by molar-refractivity contribution is 0.203. The highest BCUT2D eigenvalue weighted by Crippen LogP contribution is 2.28. The smallest absolute Gasteiger partial charge is 0.119 e. The number of thioether (sulfide) groups is 1. The highest BCUT2D eigenvalue weighted by molar-refractivity contribution is 8.00. The minimum absolute atomic E-state index is 0.186. The summed E-state index contributed by atoms with van der Waals surface area (Å²) in [5.74, 6) is 1.59. The van der Waals surface area contributed by atoms with Gasteiger partial charge in [-0.05, 0) is 24.1 Å². The summed E-state index contributed by atoms with van der Waals surface area (Å²) in [6.45, 7) is 9.30. The molecule has 1 unspecified atom stereocenters. The molecule has 0 spiro atoms. The lowest BCUT2D eigenvalue weighted by Crippen LogP contribution is -2.12. The van der Waals surface area contributed by atoms with Gasteiger partial charge in [-0.3, -0.25) is 0 Å². The van der Waals surface area contributed by atoms with E-state index < -0.39 is 6.10 Å². The van der Waals surface area contributed by atoms with E-state index in [1.807, 2.05) is 24.3 Å². The molecule has 0 saturated carbocycles. The third-order valence-corrected chi connectivity index (χ3v) is 3.76. The summed E-state index contributed by atoms with van der Waals surface area (Å²) in [4.78, 5) is 0. The van der Waals surface area contributed by atoms with Crippen molar-refractivity contribution in [1.82, 2.24) is 0 Å². The molecular formula is C15H24O2S. The van der Waals surface area contributed by atoms with Gasteiger partial charge in [0.1, 0.15) is 5.75 Å². The van der Waals surface area contributed by atoms with Crippen LogP contribution in [0.4, 0.5) is 0 Å². The van der Waals surface area contributed by atoms with Crippen LogP contribution >= 0.6 is 11.8 Å². The molecule has 0 saturated heterocycles. The van der Waals surface area contributed by atoms with Crippen LogP contribution in [0.15, 0.2) is 24.3 Å². The van der Waals surface area contributed by atoms with Crippen LogP contribution in [0.5, 0.6) is 5.75 Å². The van der Waals surface area contributed by atoms with E-state index in [1.165, 1.54) is 0 Å². The second-order valence-electron chi connectivity index (χ2n) is 5.36. The molecule has 0 aliphatic heterocycles. The van der Waals surface area contributed by atoms with E-state index in [1.54, 1.807) is 11.8 Å². The largest absolute Gasteiger partial charge is 0.494 e. The van der Waals surface area contributed by atoms with E-state index in [4.69, 9.17) is 4.74 Å². The zero-order valence-corrected chi connectivity index (χ0v) is 12.6. The highest BCUT2D eigenvalue weighted by atomic mass is 32.2. The number of benzene rings is 1. The molecule has 18 heavy (non-hydrogen) atoms. The van der Waals surface area contributed by atoms with Gasteiger partial charge in [0.25, 0.3) is 0 Å². The number of aliphatic hydroxyl groups excluding tert-OH is 1. The summed E-state index contributed by atoms with van der Waals surface area (Å²) in [5, 5.41) is 10.1. The van der Waals surface area contributed by atoms with Crippen molar-refractivity contribution >= 4 is 11.8 Å². The molecule has 1 rings (SSSR count). The Morgan fingerprint density at radius 3 is 2.33 bits per heavy atom. The van der Waals surface area contributed by atoms with Gasteiger partial charge in [0.2, 0.25) is 0 Å². The summed E-state index contributed by atoms with van der Waals surface area (Å²) < 4.78 is 5.70. The highest BCUT2D eigenvalue weighted by Gasteiger charge is 2.15. The van der Waals surface area contributed by atoms with Gasteiger partial charge < -0.3 is 9.84 Å². The Bertz CT molecular complexity index is 341. The quantitative estimate of drug-likeness (QED) is 0.844. The van der Waals surface area contributed by atoms with Crippen LogP contribution in [-0.2, 0) is 0 Å². The molecule has 0 amide bonds. The summed E-state index contributed by atoms with van der Waals surface area (Å²) in [6, 6.07) is 7.74. The molecule has 1 N–H and O–H groups in total. The zero-order valence-electron chi connectivity index (χ0n) is 11.8. The van der Waals surface area contributed by atoms with Crippen molar-refractivity contribution in [3.05, 3.63) is 29.8 Å². The Labute approximate surface area is 115 Å². The Morgan fingerprint density at radius 1 is 1.22 bits per heavy atom. The first-order chi connectivity index (χ1) is 8.42. The minimum atomic E-state index is -0.408. The molecule has 0 aliphatic rings. The number of ether oxygens (including phenoxy) is 1. The monoisotopic (exact) mass is 268 g/mol. The average molecular weight is 268 g/mol. The Hall–Kier alpha value is -0.670. The first-order valence-corrected chi connectivity index (χ1v) is 7.45. The second-order valence-corrected chi connectivity index (χ2v) is 7.20. The van der Waals surface area contributed by atoms with E-state index in [0.717, 1.165) is 30.1 Å².